The number of nitrogens with two attached hydrogens (primary N) is 1. The van der Waals surface area contributed by atoms with E-state index < -0.39 is 0 Å². The van der Waals surface area contributed by atoms with Crippen molar-refractivity contribution < 1.29 is 4.79 Å². The predicted molar refractivity (Wildman–Crippen MR) is 94.2 cm³/mol. The molecular formula is C20H16N2O. The monoisotopic (exact) mass is 300 g/mol. The molecule has 4 rings (SSSR count). The molecule has 3 nitrogen and oxygen atoms in total. The molecule has 1 amide bonds. The fourth-order valence-electron chi connectivity index (χ4n) is 2.46. The molecule has 2 N–H and O–H groups in total. The Morgan fingerprint density at radius 1 is 0.739 bits per heavy atom. The van der Waals surface area contributed by atoms with Gasteiger partial charge in [-0.25, -0.2) is 0 Å². The van der Waals surface area contributed by atoms with Crippen LogP contribution in [0.5, 0.6) is 0 Å². The number of carbonyl (C=O) groups excluding carboxylic acids is 1. The van der Waals surface area contributed by atoms with Crippen LogP contribution in [-0.2, 0) is 0 Å². The maximum atomic E-state index is 11.0. The molecule has 23 heavy (non-hydrogen) atoms. The van der Waals surface area contributed by atoms with E-state index in [-0.39, 0.29) is 5.91 Å². The third kappa shape index (κ3) is 3.35. The van der Waals surface area contributed by atoms with Gasteiger partial charge in [0.1, 0.15) is 0 Å². The summed E-state index contributed by atoms with van der Waals surface area (Å²) in [7, 11) is 0. The van der Waals surface area contributed by atoms with Crippen LogP contribution < -0.4 is 5.73 Å². The number of fused-ring (bicyclic) bond motifs is 2. The first-order valence-corrected chi connectivity index (χ1v) is 7.33. The molecule has 1 heterocycles. The molecule has 4 aromatic rings. The third-order valence-electron chi connectivity index (χ3n) is 3.57. The quantitative estimate of drug-likeness (QED) is 0.573. The van der Waals surface area contributed by atoms with Gasteiger partial charge in [-0.3, -0.25) is 9.78 Å². The number of rotatable bonds is 1. The molecule has 0 aliphatic carbocycles. The summed E-state index contributed by atoms with van der Waals surface area (Å²) in [5, 5.41) is 3.15. The Morgan fingerprint density at radius 3 is 2.17 bits per heavy atom. The first kappa shape index (κ1) is 14.7. The lowest BCUT2D eigenvalue weighted by molar-refractivity contribution is 0.100. The number of benzene rings is 3. The minimum Gasteiger partial charge on any atom is -0.366 e. The van der Waals surface area contributed by atoms with E-state index in [9.17, 15) is 4.79 Å². The molecule has 0 aliphatic heterocycles. The van der Waals surface area contributed by atoms with E-state index in [2.05, 4.69) is 17.1 Å². The fourth-order valence-corrected chi connectivity index (χ4v) is 2.46. The number of carbonyl (C=O) groups is 1. The van der Waals surface area contributed by atoms with Gasteiger partial charge in [-0.1, -0.05) is 60.7 Å². The number of hydrogen-bond donors (Lipinski definition) is 1. The minimum absolute atomic E-state index is 0.378. The maximum absolute atomic E-state index is 11.0. The summed E-state index contributed by atoms with van der Waals surface area (Å²) in [6.07, 6.45) is 1.81. The van der Waals surface area contributed by atoms with E-state index in [4.69, 9.17) is 5.73 Å². The van der Waals surface area contributed by atoms with Crippen molar-refractivity contribution in [3.8, 4) is 0 Å². The molecule has 3 aromatic carbocycles. The zero-order valence-electron chi connectivity index (χ0n) is 12.5. The van der Waals surface area contributed by atoms with Crippen LogP contribution >= 0.6 is 0 Å². The SMILES string of the molecule is NC(=O)c1cccc2ccccc12.c1ccc2ncccc2c1. The second-order valence-corrected chi connectivity index (χ2v) is 5.09. The van der Waals surface area contributed by atoms with Gasteiger partial charge in [0.2, 0.25) is 5.91 Å². The Bertz CT molecular complexity index is 893. The number of nitrogens with zero attached hydrogens (tertiary/aromatic N) is 1. The van der Waals surface area contributed by atoms with Gasteiger partial charge >= 0.3 is 0 Å². The van der Waals surface area contributed by atoms with E-state index in [0.29, 0.717) is 5.56 Å². The van der Waals surface area contributed by atoms with Crippen molar-refractivity contribution in [3.63, 3.8) is 0 Å². The molecule has 0 aliphatic rings. The van der Waals surface area contributed by atoms with Crippen LogP contribution in [-0.4, -0.2) is 10.9 Å². The van der Waals surface area contributed by atoms with Crippen molar-refractivity contribution in [2.24, 2.45) is 5.73 Å². The van der Waals surface area contributed by atoms with Crippen molar-refractivity contribution in [1.82, 2.24) is 4.98 Å². The molecule has 112 valence electrons. The Morgan fingerprint density at radius 2 is 1.39 bits per heavy atom. The molecule has 0 radical (unpaired) electrons. The van der Waals surface area contributed by atoms with Gasteiger partial charge in [0, 0.05) is 17.1 Å². The predicted octanol–water partition coefficient (Wildman–Crippen LogP) is 4.17. The summed E-state index contributed by atoms with van der Waals surface area (Å²) in [6, 6.07) is 25.3. The van der Waals surface area contributed by atoms with Gasteiger partial charge in [-0.05, 0) is 29.0 Å². The number of pyridine rings is 1. The van der Waals surface area contributed by atoms with Gasteiger partial charge in [0.05, 0.1) is 5.52 Å². The molecule has 0 saturated heterocycles. The number of para-hydroxylation sites is 1. The van der Waals surface area contributed by atoms with Gasteiger partial charge in [-0.15, -0.1) is 0 Å². The lowest BCUT2D eigenvalue weighted by Crippen LogP contribution is -2.11. The van der Waals surface area contributed by atoms with E-state index in [1.807, 2.05) is 66.9 Å². The summed E-state index contributed by atoms with van der Waals surface area (Å²) in [5.41, 5.74) is 6.88. The first-order valence-electron chi connectivity index (χ1n) is 7.33. The molecule has 0 spiro atoms. The van der Waals surface area contributed by atoms with Crippen LogP contribution in [0.15, 0.2) is 85.1 Å². The molecule has 0 fully saturated rings. The van der Waals surface area contributed by atoms with E-state index >= 15 is 0 Å². The van der Waals surface area contributed by atoms with Crippen LogP contribution in [0.4, 0.5) is 0 Å². The average Bonchev–Trinajstić information content (AvgIpc) is 2.62. The topological polar surface area (TPSA) is 56.0 Å². The highest BCUT2D eigenvalue weighted by Gasteiger charge is 2.03. The second-order valence-electron chi connectivity index (χ2n) is 5.09. The normalized spacial score (nSPS) is 10.1. The Kier molecular flexibility index (Phi) is 4.29. The lowest BCUT2D eigenvalue weighted by atomic mass is 10.0. The van der Waals surface area contributed by atoms with Gasteiger partial charge in [0.25, 0.3) is 0 Å². The third-order valence-corrected chi connectivity index (χ3v) is 3.57. The van der Waals surface area contributed by atoms with Crippen LogP contribution in [0.1, 0.15) is 10.4 Å². The number of aromatic nitrogens is 1. The fraction of sp³-hybridized carbons (Fsp3) is 0. The molecule has 0 saturated carbocycles. The van der Waals surface area contributed by atoms with Crippen LogP contribution in [0.3, 0.4) is 0 Å². The highest BCUT2D eigenvalue weighted by atomic mass is 16.1. The summed E-state index contributed by atoms with van der Waals surface area (Å²) >= 11 is 0. The summed E-state index contributed by atoms with van der Waals surface area (Å²) < 4.78 is 0. The van der Waals surface area contributed by atoms with Crippen molar-refractivity contribution in [3.05, 3.63) is 90.6 Å². The highest BCUT2D eigenvalue weighted by molar-refractivity contribution is 6.06. The van der Waals surface area contributed by atoms with Gasteiger partial charge in [0.15, 0.2) is 0 Å². The smallest absolute Gasteiger partial charge is 0.249 e. The van der Waals surface area contributed by atoms with Crippen molar-refractivity contribution in [2.75, 3.05) is 0 Å². The largest absolute Gasteiger partial charge is 0.366 e. The second kappa shape index (κ2) is 6.71. The standard InChI is InChI=1S/C11H9NO.C9H7N/c12-11(13)10-7-3-5-8-4-1-2-6-9(8)10;1-2-6-9-8(4-1)5-3-7-10-9/h1-7H,(H2,12,13);1-7H. The lowest BCUT2D eigenvalue weighted by Gasteiger charge is -2.01. The van der Waals surface area contributed by atoms with Crippen LogP contribution in [0.2, 0.25) is 0 Å². The van der Waals surface area contributed by atoms with Gasteiger partial charge < -0.3 is 5.73 Å². The molecule has 1 aromatic heterocycles. The number of hydrogen-bond acceptors (Lipinski definition) is 2. The van der Waals surface area contributed by atoms with E-state index in [1.54, 1.807) is 6.07 Å². The first-order chi connectivity index (χ1) is 11.3. The highest BCUT2D eigenvalue weighted by Crippen LogP contribution is 2.17. The molecule has 0 atom stereocenters. The van der Waals surface area contributed by atoms with E-state index in [0.717, 1.165) is 16.3 Å². The summed E-state index contributed by atoms with van der Waals surface area (Å²) in [4.78, 5) is 15.2. The Labute approximate surface area is 134 Å². The summed E-state index contributed by atoms with van der Waals surface area (Å²) in [6.45, 7) is 0. The Hall–Kier alpha value is -3.20. The molecular weight excluding hydrogens is 284 g/mol. The van der Waals surface area contributed by atoms with E-state index in [1.165, 1.54) is 5.39 Å². The molecule has 0 bridgehead atoms. The van der Waals surface area contributed by atoms with Crippen molar-refractivity contribution in [2.45, 2.75) is 0 Å². The number of primary amides is 1. The van der Waals surface area contributed by atoms with Crippen LogP contribution in [0.25, 0.3) is 21.7 Å². The molecule has 3 heteroatoms. The zero-order chi connectivity index (χ0) is 16.1. The maximum Gasteiger partial charge on any atom is 0.249 e. The Balaban J connectivity index is 0.000000140. The van der Waals surface area contributed by atoms with Crippen molar-refractivity contribution >= 4 is 27.6 Å². The number of amides is 1. The zero-order valence-corrected chi connectivity index (χ0v) is 12.5. The summed E-state index contributed by atoms with van der Waals surface area (Å²) in [5.74, 6) is -0.378. The van der Waals surface area contributed by atoms with Crippen molar-refractivity contribution in [1.29, 1.82) is 0 Å². The average molecular weight is 300 g/mol. The van der Waals surface area contributed by atoms with Crippen LogP contribution in [0, 0.1) is 0 Å². The molecule has 0 unspecified atom stereocenters. The van der Waals surface area contributed by atoms with Gasteiger partial charge in [-0.2, -0.15) is 0 Å². The minimum atomic E-state index is -0.378.